The van der Waals surface area contributed by atoms with E-state index in [0.29, 0.717) is 30.0 Å². The Hall–Kier alpha value is -3.55. The van der Waals surface area contributed by atoms with Gasteiger partial charge in [-0.05, 0) is 63.6 Å². The Bertz CT molecular complexity index is 982. The molecule has 2 aromatic carbocycles. The molecule has 3 rings (SSSR count). The highest BCUT2D eigenvalue weighted by Gasteiger charge is 2.30. The summed E-state index contributed by atoms with van der Waals surface area (Å²) in [5.74, 6) is -0.422. The summed E-state index contributed by atoms with van der Waals surface area (Å²) in [6.07, 6.45) is 0.470. The number of hydrogen-bond acceptors (Lipinski definition) is 5. The van der Waals surface area contributed by atoms with Crippen LogP contribution in [0.15, 0.2) is 48.5 Å². The number of likely N-dealkylation sites (tertiary alicyclic amines) is 1. The molecule has 8 nitrogen and oxygen atoms in total. The van der Waals surface area contributed by atoms with Gasteiger partial charge in [-0.3, -0.25) is 9.59 Å². The van der Waals surface area contributed by atoms with E-state index < -0.39 is 5.60 Å². The van der Waals surface area contributed by atoms with Gasteiger partial charge >= 0.3 is 6.09 Å². The molecule has 1 aliphatic heterocycles. The van der Waals surface area contributed by atoms with Gasteiger partial charge in [0.15, 0.2) is 0 Å². The zero-order valence-electron chi connectivity index (χ0n) is 18.9. The van der Waals surface area contributed by atoms with Gasteiger partial charge in [-0.2, -0.15) is 0 Å². The average molecular weight is 439 g/mol. The van der Waals surface area contributed by atoms with Crippen molar-refractivity contribution in [3.05, 3.63) is 54.1 Å². The second-order valence-electron chi connectivity index (χ2n) is 8.81. The lowest BCUT2D eigenvalue weighted by molar-refractivity contribution is -0.114. The second-order valence-corrected chi connectivity index (χ2v) is 8.81. The number of benzene rings is 2. The minimum Gasteiger partial charge on any atom is -0.444 e. The largest absolute Gasteiger partial charge is 0.444 e. The lowest BCUT2D eigenvalue weighted by atomic mass is 10.1. The van der Waals surface area contributed by atoms with Crippen LogP contribution in [-0.4, -0.2) is 47.5 Å². The van der Waals surface area contributed by atoms with E-state index in [2.05, 4.69) is 16.0 Å². The first-order chi connectivity index (χ1) is 15.1. The zero-order chi connectivity index (χ0) is 23.3. The van der Waals surface area contributed by atoms with E-state index >= 15 is 0 Å². The first kappa shape index (κ1) is 23.1. The Morgan fingerprint density at radius 1 is 0.969 bits per heavy atom. The molecule has 0 unspecified atom stereocenters. The van der Waals surface area contributed by atoms with Gasteiger partial charge in [0.25, 0.3) is 5.91 Å². The zero-order valence-corrected chi connectivity index (χ0v) is 18.9. The van der Waals surface area contributed by atoms with Crippen molar-refractivity contribution in [3.63, 3.8) is 0 Å². The summed E-state index contributed by atoms with van der Waals surface area (Å²) < 4.78 is 5.45. The van der Waals surface area contributed by atoms with Crippen molar-refractivity contribution in [2.24, 2.45) is 0 Å². The fourth-order valence-corrected chi connectivity index (χ4v) is 3.41. The number of anilines is 3. The maximum Gasteiger partial charge on any atom is 0.410 e. The van der Waals surface area contributed by atoms with Gasteiger partial charge in [0.1, 0.15) is 5.60 Å². The van der Waals surface area contributed by atoms with E-state index in [1.54, 1.807) is 29.2 Å². The molecule has 3 N–H and O–H groups in total. The number of nitrogens with one attached hydrogen (secondary N) is 3. The third-order valence-corrected chi connectivity index (χ3v) is 4.84. The molecule has 1 aliphatic rings. The molecule has 0 bridgehead atoms. The molecule has 0 saturated carbocycles. The summed E-state index contributed by atoms with van der Waals surface area (Å²) >= 11 is 0. The molecule has 1 saturated heterocycles. The van der Waals surface area contributed by atoms with E-state index in [1.165, 1.54) is 6.92 Å². The Labute approximate surface area is 188 Å². The van der Waals surface area contributed by atoms with Gasteiger partial charge in [0.05, 0.1) is 11.4 Å². The molecular weight excluding hydrogens is 408 g/mol. The summed E-state index contributed by atoms with van der Waals surface area (Å²) in [6, 6.07) is 14.2. The summed E-state index contributed by atoms with van der Waals surface area (Å²) in [5.41, 5.74) is 2.02. The molecule has 0 spiro atoms. The van der Waals surface area contributed by atoms with Crippen LogP contribution >= 0.6 is 0 Å². The number of para-hydroxylation sites is 2. The van der Waals surface area contributed by atoms with Crippen LogP contribution in [0.25, 0.3) is 0 Å². The Balaban J connectivity index is 1.62. The molecule has 0 aliphatic carbocycles. The first-order valence-corrected chi connectivity index (χ1v) is 10.6. The third-order valence-electron chi connectivity index (χ3n) is 4.84. The number of rotatable bonds is 5. The van der Waals surface area contributed by atoms with Gasteiger partial charge in [-0.25, -0.2) is 4.79 Å². The molecule has 0 radical (unpaired) electrons. The molecule has 32 heavy (non-hydrogen) atoms. The Kier molecular flexibility index (Phi) is 7.02. The lowest BCUT2D eigenvalue weighted by Crippen LogP contribution is -2.36. The van der Waals surface area contributed by atoms with Gasteiger partial charge in [0.2, 0.25) is 5.91 Å². The lowest BCUT2D eigenvalue weighted by Gasteiger charge is -2.24. The first-order valence-electron chi connectivity index (χ1n) is 10.6. The maximum atomic E-state index is 12.7. The highest BCUT2D eigenvalue weighted by molar-refractivity contribution is 6.06. The van der Waals surface area contributed by atoms with Crippen molar-refractivity contribution >= 4 is 35.0 Å². The molecule has 1 atom stereocenters. The van der Waals surface area contributed by atoms with Crippen molar-refractivity contribution in [2.45, 2.75) is 45.8 Å². The average Bonchev–Trinajstić information content (AvgIpc) is 3.17. The monoisotopic (exact) mass is 438 g/mol. The van der Waals surface area contributed by atoms with Crippen molar-refractivity contribution in [1.29, 1.82) is 0 Å². The predicted molar refractivity (Wildman–Crippen MR) is 125 cm³/mol. The van der Waals surface area contributed by atoms with E-state index in [-0.39, 0.29) is 23.9 Å². The molecule has 2 aromatic rings. The fraction of sp³-hybridized carbons (Fsp3) is 0.375. The summed E-state index contributed by atoms with van der Waals surface area (Å²) in [7, 11) is 0. The van der Waals surface area contributed by atoms with E-state index in [4.69, 9.17) is 4.74 Å². The number of hydrogen-bond donors (Lipinski definition) is 3. The molecule has 1 heterocycles. The molecule has 170 valence electrons. The normalized spacial score (nSPS) is 15.8. The van der Waals surface area contributed by atoms with Crippen LogP contribution in [0.5, 0.6) is 0 Å². The number of carbonyl (C=O) groups is 3. The second kappa shape index (κ2) is 9.72. The van der Waals surface area contributed by atoms with Crippen LogP contribution in [0.4, 0.5) is 21.9 Å². The van der Waals surface area contributed by atoms with Crippen molar-refractivity contribution in [3.8, 4) is 0 Å². The fourth-order valence-electron chi connectivity index (χ4n) is 3.41. The topological polar surface area (TPSA) is 99.8 Å². The molecule has 1 fully saturated rings. The Morgan fingerprint density at radius 3 is 2.25 bits per heavy atom. The quantitative estimate of drug-likeness (QED) is 0.646. The number of carbonyl (C=O) groups excluding carboxylic acids is 3. The number of nitrogens with zero attached hydrogens (tertiary/aromatic N) is 1. The van der Waals surface area contributed by atoms with Crippen LogP contribution in [0, 0.1) is 0 Å². The maximum absolute atomic E-state index is 12.7. The van der Waals surface area contributed by atoms with E-state index in [9.17, 15) is 14.4 Å². The molecular formula is C24H30N4O4. The molecule has 0 aromatic heterocycles. The highest BCUT2D eigenvalue weighted by Crippen LogP contribution is 2.25. The van der Waals surface area contributed by atoms with Crippen molar-refractivity contribution in [2.75, 3.05) is 29.0 Å². The van der Waals surface area contributed by atoms with Crippen molar-refractivity contribution < 1.29 is 19.1 Å². The molecule has 3 amide bonds. The summed E-state index contributed by atoms with van der Waals surface area (Å²) in [6.45, 7) is 8.13. The van der Waals surface area contributed by atoms with Gasteiger partial charge in [-0.15, -0.1) is 0 Å². The van der Waals surface area contributed by atoms with Crippen molar-refractivity contribution in [1.82, 2.24) is 4.90 Å². The summed E-state index contributed by atoms with van der Waals surface area (Å²) in [4.78, 5) is 37.9. The minimum absolute atomic E-state index is 0.0532. The van der Waals surface area contributed by atoms with Crippen LogP contribution in [0.2, 0.25) is 0 Å². The van der Waals surface area contributed by atoms with Gasteiger partial charge in [0, 0.05) is 37.3 Å². The standard InChI is InChI=1S/C24H30N4O4/c1-16(29)25-18-11-9-17(10-12-18)22(30)27-21-8-6-5-7-20(21)26-19-13-14-28(15-19)23(31)32-24(2,3)4/h5-12,19,26H,13-15H2,1-4H3,(H,25,29)(H,27,30)/t19-/m1/s1. The van der Waals surface area contributed by atoms with Gasteiger partial charge in [-0.1, -0.05) is 12.1 Å². The van der Waals surface area contributed by atoms with Crippen LogP contribution in [0.3, 0.4) is 0 Å². The number of amides is 3. The van der Waals surface area contributed by atoms with Crippen LogP contribution in [0.1, 0.15) is 44.5 Å². The molecule has 8 heteroatoms. The predicted octanol–water partition coefficient (Wildman–Crippen LogP) is 4.32. The van der Waals surface area contributed by atoms with E-state index in [1.807, 2.05) is 45.0 Å². The van der Waals surface area contributed by atoms with Crippen LogP contribution < -0.4 is 16.0 Å². The summed E-state index contributed by atoms with van der Waals surface area (Å²) in [5, 5.41) is 9.04. The highest BCUT2D eigenvalue weighted by atomic mass is 16.6. The SMILES string of the molecule is CC(=O)Nc1ccc(C(=O)Nc2ccccc2N[C@@H]2CCN(C(=O)OC(C)(C)C)C2)cc1. The minimum atomic E-state index is -0.528. The number of ether oxygens (including phenoxy) is 1. The Morgan fingerprint density at radius 2 is 1.62 bits per heavy atom. The van der Waals surface area contributed by atoms with Gasteiger partial charge < -0.3 is 25.6 Å². The smallest absolute Gasteiger partial charge is 0.410 e. The van der Waals surface area contributed by atoms with E-state index in [0.717, 1.165) is 12.1 Å². The van der Waals surface area contributed by atoms with Crippen LogP contribution in [-0.2, 0) is 9.53 Å². The third kappa shape index (κ3) is 6.47.